The molecule has 2 heterocycles. The summed E-state index contributed by atoms with van der Waals surface area (Å²) in [6.07, 6.45) is 2.89. The predicted octanol–water partition coefficient (Wildman–Crippen LogP) is 5.75. The third kappa shape index (κ3) is 3.23. The van der Waals surface area contributed by atoms with Crippen molar-refractivity contribution in [3.8, 4) is 22.9 Å². The van der Waals surface area contributed by atoms with Crippen molar-refractivity contribution >= 4 is 10.8 Å². The van der Waals surface area contributed by atoms with E-state index in [1.54, 1.807) is 0 Å². The molecule has 27 heavy (non-hydrogen) atoms. The molecule has 0 spiro atoms. The van der Waals surface area contributed by atoms with E-state index in [1.165, 1.54) is 11.1 Å². The minimum absolute atomic E-state index is 0.265. The number of hydrogen-bond donors (Lipinski definition) is 0. The molecule has 1 atom stereocenters. The lowest BCUT2D eigenvalue weighted by Gasteiger charge is -2.13. The van der Waals surface area contributed by atoms with Crippen LogP contribution in [0, 0.1) is 13.8 Å². The molecule has 4 heteroatoms. The van der Waals surface area contributed by atoms with Gasteiger partial charge in [0.1, 0.15) is 5.69 Å². The number of pyridine rings is 1. The summed E-state index contributed by atoms with van der Waals surface area (Å²) in [5, 5.41) is 7.12. The Hall–Kier alpha value is -3.01. The Kier molecular flexibility index (Phi) is 4.48. The lowest BCUT2D eigenvalue weighted by molar-refractivity contribution is 0.483. The molecule has 2 aromatic heterocycles. The molecule has 0 fully saturated rings. The summed E-state index contributed by atoms with van der Waals surface area (Å²) < 4.78 is 2.05. The Balaban J connectivity index is 1.89. The van der Waals surface area contributed by atoms with E-state index in [9.17, 15) is 0 Å². The zero-order valence-electron chi connectivity index (χ0n) is 16.3. The highest BCUT2D eigenvalue weighted by atomic mass is 15.4. The summed E-state index contributed by atoms with van der Waals surface area (Å²) in [6, 6.07) is 17.0. The molecule has 0 bridgehead atoms. The van der Waals surface area contributed by atoms with Crippen molar-refractivity contribution < 1.29 is 0 Å². The van der Waals surface area contributed by atoms with E-state index in [2.05, 4.69) is 69.1 Å². The molecule has 0 radical (unpaired) electrons. The van der Waals surface area contributed by atoms with Gasteiger partial charge in [-0.1, -0.05) is 48.9 Å². The minimum Gasteiger partial charge on any atom is -0.252 e. The summed E-state index contributed by atoms with van der Waals surface area (Å²) in [6.45, 7) is 8.59. The molecule has 0 saturated carbocycles. The van der Waals surface area contributed by atoms with Crippen molar-refractivity contribution in [3.05, 3.63) is 65.9 Å². The lowest BCUT2D eigenvalue weighted by atomic mass is 10.0. The molecule has 1 unspecified atom stereocenters. The Morgan fingerprint density at radius 3 is 2.56 bits per heavy atom. The Morgan fingerprint density at radius 2 is 1.78 bits per heavy atom. The predicted molar refractivity (Wildman–Crippen MR) is 111 cm³/mol. The fourth-order valence-corrected chi connectivity index (χ4v) is 3.28. The summed E-state index contributed by atoms with van der Waals surface area (Å²) in [5.41, 5.74) is 4.37. The number of fused-ring (bicyclic) bond motifs is 1. The molecule has 4 rings (SSSR count). The topological polar surface area (TPSA) is 43.6 Å². The SMILES string of the molecule is CCC(C)n1nc(-c2cc3ccccc3cn2)nc1-c1cc(C)ccc1C. The van der Waals surface area contributed by atoms with Gasteiger partial charge in [-0.2, -0.15) is 0 Å². The van der Waals surface area contributed by atoms with Gasteiger partial charge in [0, 0.05) is 17.1 Å². The van der Waals surface area contributed by atoms with Crippen LogP contribution in [0.1, 0.15) is 37.4 Å². The molecule has 4 aromatic rings. The average molecular weight is 356 g/mol. The van der Waals surface area contributed by atoms with Gasteiger partial charge < -0.3 is 0 Å². The van der Waals surface area contributed by atoms with Gasteiger partial charge in [0.05, 0.1) is 6.04 Å². The molecule has 0 aliphatic heterocycles. The minimum atomic E-state index is 0.265. The quantitative estimate of drug-likeness (QED) is 0.468. The third-order valence-corrected chi connectivity index (χ3v) is 5.13. The van der Waals surface area contributed by atoms with Gasteiger partial charge in [0.15, 0.2) is 11.6 Å². The zero-order valence-corrected chi connectivity index (χ0v) is 16.3. The van der Waals surface area contributed by atoms with Crippen LogP contribution < -0.4 is 0 Å². The van der Waals surface area contributed by atoms with Gasteiger partial charge in [-0.25, -0.2) is 9.67 Å². The summed E-state index contributed by atoms with van der Waals surface area (Å²) in [4.78, 5) is 9.53. The molecule has 0 aliphatic rings. The second kappa shape index (κ2) is 6.95. The van der Waals surface area contributed by atoms with Crippen molar-refractivity contribution in [1.29, 1.82) is 0 Å². The van der Waals surface area contributed by atoms with Gasteiger partial charge in [-0.3, -0.25) is 4.98 Å². The number of aryl methyl sites for hydroxylation is 2. The largest absolute Gasteiger partial charge is 0.252 e. The Bertz CT molecular complexity index is 1110. The molecule has 4 nitrogen and oxygen atoms in total. The fourth-order valence-electron chi connectivity index (χ4n) is 3.28. The van der Waals surface area contributed by atoms with Gasteiger partial charge in [-0.15, -0.1) is 5.10 Å². The molecule has 136 valence electrons. The average Bonchev–Trinajstić information content (AvgIpc) is 3.14. The molecule has 2 aromatic carbocycles. The number of rotatable bonds is 4. The summed E-state index contributed by atoms with van der Waals surface area (Å²) >= 11 is 0. The normalized spacial score (nSPS) is 12.4. The van der Waals surface area contributed by atoms with E-state index in [1.807, 2.05) is 23.0 Å². The first-order valence-corrected chi connectivity index (χ1v) is 9.46. The molecular formula is C23H24N4. The molecule has 0 saturated heterocycles. The van der Waals surface area contributed by atoms with E-state index in [-0.39, 0.29) is 6.04 Å². The van der Waals surface area contributed by atoms with Crippen molar-refractivity contribution in [2.24, 2.45) is 0 Å². The van der Waals surface area contributed by atoms with Crippen molar-refractivity contribution in [1.82, 2.24) is 19.7 Å². The molecule has 0 N–H and O–H groups in total. The lowest BCUT2D eigenvalue weighted by Crippen LogP contribution is -2.08. The molecular weight excluding hydrogens is 332 g/mol. The maximum Gasteiger partial charge on any atom is 0.200 e. The van der Waals surface area contributed by atoms with E-state index >= 15 is 0 Å². The summed E-state index contributed by atoms with van der Waals surface area (Å²) in [5.74, 6) is 1.59. The summed E-state index contributed by atoms with van der Waals surface area (Å²) in [7, 11) is 0. The van der Waals surface area contributed by atoms with Crippen LogP contribution in [0.5, 0.6) is 0 Å². The zero-order chi connectivity index (χ0) is 19.0. The van der Waals surface area contributed by atoms with Crippen LogP contribution in [0.15, 0.2) is 54.7 Å². The highest BCUT2D eigenvalue weighted by Crippen LogP contribution is 2.29. The van der Waals surface area contributed by atoms with Crippen LogP contribution >= 0.6 is 0 Å². The number of benzene rings is 2. The molecule has 0 aliphatic carbocycles. The smallest absolute Gasteiger partial charge is 0.200 e. The van der Waals surface area contributed by atoms with Crippen LogP contribution in [0.4, 0.5) is 0 Å². The van der Waals surface area contributed by atoms with Crippen molar-refractivity contribution in [2.75, 3.05) is 0 Å². The van der Waals surface area contributed by atoms with Crippen LogP contribution in [0.2, 0.25) is 0 Å². The van der Waals surface area contributed by atoms with Crippen LogP contribution in [-0.2, 0) is 0 Å². The van der Waals surface area contributed by atoms with Crippen LogP contribution in [0.3, 0.4) is 0 Å². The fraction of sp³-hybridized carbons (Fsp3) is 0.261. The third-order valence-electron chi connectivity index (χ3n) is 5.13. The Labute approximate surface area is 159 Å². The highest BCUT2D eigenvalue weighted by molar-refractivity contribution is 5.84. The van der Waals surface area contributed by atoms with Crippen LogP contribution in [0.25, 0.3) is 33.7 Å². The number of nitrogens with zero attached hydrogens (tertiary/aromatic N) is 4. The number of aromatic nitrogens is 4. The van der Waals surface area contributed by atoms with Gasteiger partial charge in [0.2, 0.25) is 0 Å². The maximum atomic E-state index is 4.92. The van der Waals surface area contributed by atoms with Crippen molar-refractivity contribution in [3.63, 3.8) is 0 Å². The Morgan fingerprint density at radius 1 is 1.00 bits per heavy atom. The van der Waals surface area contributed by atoms with Gasteiger partial charge in [0.25, 0.3) is 0 Å². The van der Waals surface area contributed by atoms with Gasteiger partial charge in [-0.05, 0) is 50.3 Å². The highest BCUT2D eigenvalue weighted by Gasteiger charge is 2.19. The van der Waals surface area contributed by atoms with E-state index in [0.29, 0.717) is 5.82 Å². The second-order valence-corrected chi connectivity index (χ2v) is 7.20. The first-order chi connectivity index (χ1) is 13.1. The first-order valence-electron chi connectivity index (χ1n) is 9.46. The standard InChI is InChI=1S/C23H24N4/c1-5-17(4)27-23(20-12-15(2)10-11-16(20)3)25-22(26-27)21-13-18-8-6-7-9-19(18)14-24-21/h6-14,17H,5H2,1-4H3. The monoisotopic (exact) mass is 356 g/mol. The number of hydrogen-bond acceptors (Lipinski definition) is 3. The second-order valence-electron chi connectivity index (χ2n) is 7.20. The van der Waals surface area contributed by atoms with Crippen molar-refractivity contribution in [2.45, 2.75) is 40.2 Å². The van der Waals surface area contributed by atoms with Gasteiger partial charge >= 0.3 is 0 Å². The van der Waals surface area contributed by atoms with Crippen LogP contribution in [-0.4, -0.2) is 19.7 Å². The first kappa shape index (κ1) is 17.4. The maximum absolute atomic E-state index is 4.92. The van der Waals surface area contributed by atoms with E-state index in [4.69, 9.17) is 10.1 Å². The molecule has 0 amide bonds. The van der Waals surface area contributed by atoms with E-state index < -0.39 is 0 Å². The van der Waals surface area contributed by atoms with E-state index in [0.717, 1.165) is 34.3 Å².